The molecule has 1 fully saturated rings. The molecule has 4 atom stereocenters. The number of nitrogen functional groups attached to an aromatic ring is 1. The lowest BCUT2D eigenvalue weighted by atomic mass is 10.1. The number of anilines is 1. The molecule has 0 radical (unpaired) electrons. The van der Waals surface area contributed by atoms with E-state index >= 15 is 0 Å². The van der Waals surface area contributed by atoms with Gasteiger partial charge in [-0.2, -0.15) is 0 Å². The molecule has 2 aromatic rings. The molecule has 1 unspecified atom stereocenters. The van der Waals surface area contributed by atoms with Crippen LogP contribution in [0.15, 0.2) is 12.7 Å². The highest BCUT2D eigenvalue weighted by Crippen LogP contribution is 2.34. The fourth-order valence-corrected chi connectivity index (χ4v) is 2.90. The van der Waals surface area contributed by atoms with Gasteiger partial charge in [0, 0.05) is 0 Å². The Kier molecular flexibility index (Phi) is 5.02. The molecule has 3 rings (SSSR count). The maximum atomic E-state index is 10.8. The Morgan fingerprint density at radius 2 is 2.04 bits per heavy atom. The first-order chi connectivity index (χ1) is 11.8. The Labute approximate surface area is 141 Å². The number of fused-ring (bicyclic) bond motifs is 1. The highest BCUT2D eigenvalue weighted by Gasteiger charge is 2.44. The van der Waals surface area contributed by atoms with E-state index in [-0.39, 0.29) is 19.0 Å². The van der Waals surface area contributed by atoms with Crippen molar-refractivity contribution in [3.63, 3.8) is 0 Å². The van der Waals surface area contributed by atoms with E-state index in [0.29, 0.717) is 11.2 Å². The third-order valence-corrected chi connectivity index (χ3v) is 4.57. The third kappa shape index (κ3) is 3.80. The average molecular weight is 375 g/mol. The first-order valence-electron chi connectivity index (χ1n) is 7.35. The molecule has 3 heterocycles. The molecule has 0 spiro atoms. The lowest BCUT2D eigenvalue weighted by molar-refractivity contribution is -0.0638. The molecule has 1 aliphatic heterocycles. The number of aliphatic hydroxyl groups excluding tert-OH is 2. The van der Waals surface area contributed by atoms with Crippen molar-refractivity contribution in [2.45, 2.75) is 24.5 Å². The molecule has 138 valence electrons. The maximum Gasteiger partial charge on any atom is 0.327 e. The monoisotopic (exact) mass is 375 g/mol. The van der Waals surface area contributed by atoms with Gasteiger partial charge in [0.15, 0.2) is 17.7 Å². The van der Waals surface area contributed by atoms with Gasteiger partial charge < -0.3 is 35.2 Å². The number of nitrogens with zero attached hydrogens (tertiary/aromatic N) is 4. The summed E-state index contributed by atoms with van der Waals surface area (Å²) in [5.41, 5.74) is 6.39. The van der Waals surface area contributed by atoms with Crippen molar-refractivity contribution in [3.8, 4) is 0 Å². The summed E-state index contributed by atoms with van der Waals surface area (Å²) in [6, 6.07) is 0. The van der Waals surface area contributed by atoms with Crippen LogP contribution in [0.3, 0.4) is 0 Å². The zero-order valence-corrected chi connectivity index (χ0v) is 13.8. The molecule has 25 heavy (non-hydrogen) atoms. The van der Waals surface area contributed by atoms with Crippen LogP contribution in [0, 0.1) is 0 Å². The number of nitrogens with two attached hydrogens (primary N) is 1. The molecule has 0 bridgehead atoms. The first-order valence-corrected chi connectivity index (χ1v) is 9.14. The Bertz CT molecular complexity index is 795. The van der Waals surface area contributed by atoms with Gasteiger partial charge in [0.2, 0.25) is 0 Å². The fourth-order valence-electron chi connectivity index (χ4n) is 2.54. The summed E-state index contributed by atoms with van der Waals surface area (Å²) in [6.45, 7) is -0.339. The van der Waals surface area contributed by atoms with E-state index in [9.17, 15) is 14.8 Å². The number of aliphatic hydroxyl groups is 2. The van der Waals surface area contributed by atoms with E-state index < -0.39 is 38.3 Å². The van der Waals surface area contributed by atoms with Gasteiger partial charge in [-0.15, -0.1) is 0 Å². The largest absolute Gasteiger partial charge is 0.387 e. The highest BCUT2D eigenvalue weighted by atomic mass is 31.2. The zero-order valence-electron chi connectivity index (χ0n) is 12.9. The van der Waals surface area contributed by atoms with E-state index in [2.05, 4.69) is 15.0 Å². The maximum absolute atomic E-state index is 10.8. The fraction of sp³-hybridized carbons (Fsp3) is 0.583. The SMILES string of the molecule is Nc1ncnc2c1ncn2C1O[C@H](COCCP(=O)(O)O)[C@@H](O)[C@H]1O. The van der Waals surface area contributed by atoms with Crippen LogP contribution in [0.4, 0.5) is 5.82 Å². The van der Waals surface area contributed by atoms with Gasteiger partial charge in [0.25, 0.3) is 0 Å². The van der Waals surface area contributed by atoms with Crippen molar-refractivity contribution < 1.29 is 34.0 Å². The van der Waals surface area contributed by atoms with Gasteiger partial charge in [-0.1, -0.05) is 0 Å². The van der Waals surface area contributed by atoms with Crippen molar-refractivity contribution >= 4 is 24.6 Å². The van der Waals surface area contributed by atoms with Gasteiger partial charge in [-0.25, -0.2) is 15.0 Å². The summed E-state index contributed by atoms with van der Waals surface area (Å²) >= 11 is 0. The normalized spacial score (nSPS) is 27.2. The minimum Gasteiger partial charge on any atom is -0.387 e. The molecular weight excluding hydrogens is 357 g/mol. The van der Waals surface area contributed by atoms with E-state index in [1.54, 1.807) is 0 Å². The van der Waals surface area contributed by atoms with Crippen molar-refractivity contribution in [2.75, 3.05) is 25.1 Å². The Morgan fingerprint density at radius 3 is 2.76 bits per heavy atom. The van der Waals surface area contributed by atoms with Crippen molar-refractivity contribution in [1.29, 1.82) is 0 Å². The summed E-state index contributed by atoms with van der Waals surface area (Å²) < 4.78 is 22.9. The second kappa shape index (κ2) is 6.92. The van der Waals surface area contributed by atoms with E-state index in [4.69, 9.17) is 25.0 Å². The lowest BCUT2D eigenvalue weighted by Crippen LogP contribution is -2.34. The predicted molar refractivity (Wildman–Crippen MR) is 83.4 cm³/mol. The van der Waals surface area contributed by atoms with Crippen LogP contribution in [0.2, 0.25) is 0 Å². The van der Waals surface area contributed by atoms with E-state index in [1.807, 2.05) is 0 Å². The molecule has 1 aliphatic rings. The summed E-state index contributed by atoms with van der Waals surface area (Å²) in [5.74, 6) is 0.175. The van der Waals surface area contributed by atoms with Gasteiger partial charge in [-0.05, 0) is 0 Å². The summed E-state index contributed by atoms with van der Waals surface area (Å²) in [5, 5.41) is 20.3. The molecule has 1 saturated heterocycles. The molecule has 12 nitrogen and oxygen atoms in total. The van der Waals surface area contributed by atoms with Crippen molar-refractivity contribution in [1.82, 2.24) is 19.5 Å². The van der Waals surface area contributed by atoms with Crippen LogP contribution in [0.25, 0.3) is 11.2 Å². The average Bonchev–Trinajstić information content (AvgIpc) is 3.08. The number of imidazole rings is 1. The van der Waals surface area contributed by atoms with Crippen LogP contribution in [-0.4, -0.2) is 77.2 Å². The number of rotatable bonds is 6. The van der Waals surface area contributed by atoms with Crippen LogP contribution in [-0.2, 0) is 14.0 Å². The molecule has 13 heteroatoms. The van der Waals surface area contributed by atoms with Crippen LogP contribution < -0.4 is 5.73 Å². The van der Waals surface area contributed by atoms with E-state index in [1.165, 1.54) is 17.2 Å². The molecular formula is C12H18N5O7P. The zero-order chi connectivity index (χ0) is 18.2. The minimum absolute atomic E-state index is 0.140. The van der Waals surface area contributed by atoms with Crippen molar-refractivity contribution in [2.24, 2.45) is 0 Å². The quantitative estimate of drug-likeness (QED) is 0.284. The van der Waals surface area contributed by atoms with Crippen LogP contribution >= 0.6 is 7.60 Å². The number of hydrogen-bond donors (Lipinski definition) is 5. The topological polar surface area (TPSA) is 186 Å². The smallest absolute Gasteiger partial charge is 0.327 e. The molecule has 0 aliphatic carbocycles. The first kappa shape index (κ1) is 18.1. The second-order valence-electron chi connectivity index (χ2n) is 5.59. The Hall–Kier alpha value is -1.66. The van der Waals surface area contributed by atoms with Crippen molar-refractivity contribution in [3.05, 3.63) is 12.7 Å². The standard InChI is InChI=1S/C12H18N5O7P/c13-10-7-11(15-4-14-10)17(5-16-7)12-9(19)8(18)6(24-12)3-23-1-2-25(20,21)22/h4-6,8-9,12,18-19H,1-3H2,(H2,13,14,15)(H2,20,21,22)/t6-,8-,9-,12?/m1/s1. The summed E-state index contributed by atoms with van der Waals surface area (Å²) in [4.78, 5) is 29.5. The Morgan fingerprint density at radius 1 is 1.28 bits per heavy atom. The number of ether oxygens (including phenoxy) is 2. The predicted octanol–water partition coefficient (Wildman–Crippen LogP) is -1.78. The summed E-state index contributed by atoms with van der Waals surface area (Å²) in [6.07, 6.45) is -2.20. The van der Waals surface area contributed by atoms with Crippen LogP contribution in [0.1, 0.15) is 6.23 Å². The molecule has 0 amide bonds. The molecule has 0 aromatic carbocycles. The highest BCUT2D eigenvalue weighted by molar-refractivity contribution is 7.51. The minimum atomic E-state index is -4.15. The van der Waals surface area contributed by atoms with Gasteiger partial charge >= 0.3 is 7.60 Å². The van der Waals surface area contributed by atoms with Crippen LogP contribution in [0.5, 0.6) is 0 Å². The molecule has 6 N–H and O–H groups in total. The molecule has 2 aromatic heterocycles. The third-order valence-electron chi connectivity index (χ3n) is 3.81. The summed E-state index contributed by atoms with van der Waals surface area (Å²) in [7, 11) is -4.15. The lowest BCUT2D eigenvalue weighted by Gasteiger charge is -2.16. The van der Waals surface area contributed by atoms with Gasteiger partial charge in [0.1, 0.15) is 30.2 Å². The Balaban J connectivity index is 1.69. The van der Waals surface area contributed by atoms with Gasteiger partial charge in [-0.3, -0.25) is 9.13 Å². The molecule has 0 saturated carbocycles. The van der Waals surface area contributed by atoms with Gasteiger partial charge in [0.05, 0.1) is 25.7 Å². The second-order valence-corrected chi connectivity index (χ2v) is 7.37. The number of aromatic nitrogens is 4. The number of hydrogen-bond acceptors (Lipinski definition) is 9. The van der Waals surface area contributed by atoms with E-state index in [0.717, 1.165) is 0 Å².